The summed E-state index contributed by atoms with van der Waals surface area (Å²) >= 11 is 0. The van der Waals surface area contributed by atoms with Crippen molar-refractivity contribution in [3.05, 3.63) is 95.1 Å². The Balaban J connectivity index is 1.74. The van der Waals surface area contributed by atoms with Crippen molar-refractivity contribution in [2.24, 2.45) is 0 Å². The molecule has 5 heteroatoms. The highest BCUT2D eigenvalue weighted by atomic mass is 16.5. The summed E-state index contributed by atoms with van der Waals surface area (Å²) in [6.45, 7) is 11.5. The van der Waals surface area contributed by atoms with Crippen LogP contribution in [0, 0.1) is 0 Å². The SMILES string of the molecule is CCCCCc1ccc(C(=O)N(CCN(CCCC)CCCC)Cc2ccc(OCCc3ccccc3)c(OC)c2)cc1. The van der Waals surface area contributed by atoms with Crippen LogP contribution in [0.3, 0.4) is 0 Å². The zero-order chi connectivity index (χ0) is 30.7. The molecule has 0 heterocycles. The van der Waals surface area contributed by atoms with Crippen molar-refractivity contribution in [3.8, 4) is 11.5 Å². The third-order valence-electron chi connectivity index (χ3n) is 7.99. The molecule has 3 aromatic rings. The molecular formula is C38H54N2O3. The Morgan fingerprint density at radius 1 is 0.651 bits per heavy atom. The second-order valence-corrected chi connectivity index (χ2v) is 11.5. The standard InChI is InChI=1S/C38H54N2O3/c1-5-8-12-15-33-18-21-35(22-19-33)38(41)40(28-27-39(25-9-6-2)26-10-7-3)31-34-20-23-36(37(30-34)42-4)43-29-24-32-16-13-11-14-17-32/h11,13-14,16-23,30H,5-10,12,15,24-29,31H2,1-4H3. The zero-order valence-corrected chi connectivity index (χ0v) is 27.2. The summed E-state index contributed by atoms with van der Waals surface area (Å²) in [4.78, 5) is 18.4. The molecule has 234 valence electrons. The normalized spacial score (nSPS) is 11.1. The number of hydrogen-bond acceptors (Lipinski definition) is 4. The second kappa shape index (κ2) is 19.8. The van der Waals surface area contributed by atoms with Crippen LogP contribution in [0.5, 0.6) is 11.5 Å². The lowest BCUT2D eigenvalue weighted by atomic mass is 10.0. The van der Waals surface area contributed by atoms with Gasteiger partial charge < -0.3 is 19.3 Å². The number of methoxy groups -OCH3 is 1. The molecule has 0 atom stereocenters. The molecule has 0 saturated heterocycles. The minimum absolute atomic E-state index is 0.0770. The fraction of sp³-hybridized carbons (Fsp3) is 0.500. The topological polar surface area (TPSA) is 42.0 Å². The van der Waals surface area contributed by atoms with E-state index in [-0.39, 0.29) is 5.91 Å². The van der Waals surface area contributed by atoms with Crippen molar-refractivity contribution in [2.45, 2.75) is 85.1 Å². The van der Waals surface area contributed by atoms with E-state index in [0.29, 0.717) is 25.4 Å². The van der Waals surface area contributed by atoms with E-state index in [1.54, 1.807) is 7.11 Å². The molecule has 0 aliphatic heterocycles. The summed E-state index contributed by atoms with van der Waals surface area (Å²) in [6.07, 6.45) is 10.2. The number of hydrogen-bond donors (Lipinski definition) is 0. The summed E-state index contributed by atoms with van der Waals surface area (Å²) in [5.41, 5.74) is 4.33. The van der Waals surface area contributed by atoms with E-state index >= 15 is 0 Å². The maximum atomic E-state index is 13.9. The third-order valence-corrected chi connectivity index (χ3v) is 7.99. The van der Waals surface area contributed by atoms with Gasteiger partial charge in [-0.2, -0.15) is 0 Å². The number of nitrogens with zero attached hydrogens (tertiary/aromatic N) is 2. The summed E-state index contributed by atoms with van der Waals surface area (Å²) in [5, 5.41) is 0. The number of ether oxygens (including phenoxy) is 2. The lowest BCUT2D eigenvalue weighted by Crippen LogP contribution is -2.39. The largest absolute Gasteiger partial charge is 0.493 e. The van der Waals surface area contributed by atoms with Gasteiger partial charge in [0.2, 0.25) is 0 Å². The molecule has 0 radical (unpaired) electrons. The molecule has 3 aromatic carbocycles. The van der Waals surface area contributed by atoms with Gasteiger partial charge in [-0.1, -0.05) is 95.0 Å². The molecule has 1 amide bonds. The van der Waals surface area contributed by atoms with E-state index in [4.69, 9.17) is 9.47 Å². The first-order valence-corrected chi connectivity index (χ1v) is 16.5. The third kappa shape index (κ3) is 12.1. The van der Waals surface area contributed by atoms with Gasteiger partial charge in [-0.3, -0.25) is 4.79 Å². The molecule has 0 aromatic heterocycles. The Kier molecular flexibility index (Phi) is 15.7. The van der Waals surface area contributed by atoms with Crippen molar-refractivity contribution >= 4 is 5.91 Å². The Hall–Kier alpha value is -3.31. The highest BCUT2D eigenvalue weighted by Gasteiger charge is 2.19. The van der Waals surface area contributed by atoms with Crippen LogP contribution in [0.15, 0.2) is 72.8 Å². The molecule has 0 saturated carbocycles. The Bertz CT molecular complexity index is 1170. The molecule has 0 spiro atoms. The number of aryl methyl sites for hydroxylation is 1. The van der Waals surface area contributed by atoms with Gasteiger partial charge in [0.1, 0.15) is 0 Å². The van der Waals surface area contributed by atoms with Gasteiger partial charge in [0.25, 0.3) is 5.91 Å². The first kappa shape index (κ1) is 34.2. The molecule has 0 aliphatic carbocycles. The van der Waals surface area contributed by atoms with E-state index in [1.165, 1.54) is 56.1 Å². The predicted octanol–water partition coefficient (Wildman–Crippen LogP) is 8.59. The predicted molar refractivity (Wildman–Crippen MR) is 179 cm³/mol. The molecule has 0 bridgehead atoms. The fourth-order valence-corrected chi connectivity index (χ4v) is 5.26. The Morgan fingerprint density at radius 3 is 1.95 bits per heavy atom. The number of rotatable bonds is 21. The van der Waals surface area contributed by atoms with E-state index in [1.807, 2.05) is 47.4 Å². The molecule has 0 aliphatic rings. The Morgan fingerprint density at radius 2 is 1.30 bits per heavy atom. The maximum absolute atomic E-state index is 13.9. The van der Waals surface area contributed by atoms with Gasteiger partial charge in [-0.05, 0) is 79.7 Å². The number of benzene rings is 3. The number of unbranched alkanes of at least 4 members (excludes halogenated alkanes) is 4. The van der Waals surface area contributed by atoms with E-state index in [2.05, 4.69) is 56.0 Å². The van der Waals surface area contributed by atoms with Crippen LogP contribution < -0.4 is 9.47 Å². The first-order valence-electron chi connectivity index (χ1n) is 16.5. The monoisotopic (exact) mass is 586 g/mol. The molecule has 0 N–H and O–H groups in total. The van der Waals surface area contributed by atoms with Crippen LogP contribution in [0.25, 0.3) is 0 Å². The molecular weight excluding hydrogens is 532 g/mol. The van der Waals surface area contributed by atoms with E-state index < -0.39 is 0 Å². The van der Waals surface area contributed by atoms with Gasteiger partial charge in [0.15, 0.2) is 11.5 Å². The number of carbonyl (C=O) groups excluding carboxylic acids is 1. The lowest BCUT2D eigenvalue weighted by molar-refractivity contribution is 0.0720. The average Bonchev–Trinajstić information content (AvgIpc) is 3.04. The van der Waals surface area contributed by atoms with Crippen LogP contribution in [0.1, 0.15) is 92.8 Å². The van der Waals surface area contributed by atoms with Gasteiger partial charge in [-0.15, -0.1) is 0 Å². The average molecular weight is 587 g/mol. The maximum Gasteiger partial charge on any atom is 0.254 e. The molecule has 0 fully saturated rings. The van der Waals surface area contributed by atoms with Gasteiger partial charge in [0.05, 0.1) is 13.7 Å². The van der Waals surface area contributed by atoms with Crippen molar-refractivity contribution in [1.29, 1.82) is 0 Å². The first-order chi connectivity index (χ1) is 21.1. The quantitative estimate of drug-likeness (QED) is 0.117. The van der Waals surface area contributed by atoms with Crippen LogP contribution in [-0.2, 0) is 19.4 Å². The molecule has 5 nitrogen and oxygen atoms in total. The summed E-state index contributed by atoms with van der Waals surface area (Å²) in [5.74, 6) is 1.50. The fourth-order valence-electron chi connectivity index (χ4n) is 5.26. The van der Waals surface area contributed by atoms with Gasteiger partial charge in [-0.25, -0.2) is 0 Å². The summed E-state index contributed by atoms with van der Waals surface area (Å²) in [7, 11) is 1.67. The van der Waals surface area contributed by atoms with Crippen LogP contribution in [-0.4, -0.2) is 55.6 Å². The summed E-state index contributed by atoms with van der Waals surface area (Å²) in [6, 6.07) is 24.7. The van der Waals surface area contributed by atoms with Crippen LogP contribution in [0.2, 0.25) is 0 Å². The highest BCUT2D eigenvalue weighted by molar-refractivity contribution is 5.94. The number of amides is 1. The second-order valence-electron chi connectivity index (χ2n) is 11.5. The highest BCUT2D eigenvalue weighted by Crippen LogP contribution is 2.29. The van der Waals surface area contributed by atoms with Crippen molar-refractivity contribution < 1.29 is 14.3 Å². The van der Waals surface area contributed by atoms with Gasteiger partial charge >= 0.3 is 0 Å². The summed E-state index contributed by atoms with van der Waals surface area (Å²) < 4.78 is 11.8. The minimum atomic E-state index is 0.0770. The van der Waals surface area contributed by atoms with E-state index in [9.17, 15) is 4.79 Å². The molecule has 43 heavy (non-hydrogen) atoms. The lowest BCUT2D eigenvalue weighted by Gasteiger charge is -2.28. The molecule has 0 unspecified atom stereocenters. The van der Waals surface area contributed by atoms with Crippen molar-refractivity contribution in [3.63, 3.8) is 0 Å². The zero-order valence-electron chi connectivity index (χ0n) is 27.2. The Labute approximate surface area is 261 Å². The minimum Gasteiger partial charge on any atom is -0.493 e. The van der Waals surface area contributed by atoms with Crippen LogP contribution in [0.4, 0.5) is 0 Å². The number of carbonyl (C=O) groups is 1. The van der Waals surface area contributed by atoms with E-state index in [0.717, 1.165) is 49.4 Å². The molecule has 3 rings (SSSR count). The van der Waals surface area contributed by atoms with Crippen molar-refractivity contribution in [1.82, 2.24) is 9.80 Å². The van der Waals surface area contributed by atoms with Crippen LogP contribution >= 0.6 is 0 Å². The smallest absolute Gasteiger partial charge is 0.254 e. The van der Waals surface area contributed by atoms with Crippen molar-refractivity contribution in [2.75, 3.05) is 39.9 Å². The van der Waals surface area contributed by atoms with Gasteiger partial charge in [0, 0.05) is 31.6 Å².